The van der Waals surface area contributed by atoms with Crippen molar-refractivity contribution >= 4 is 34.6 Å². The lowest BCUT2D eigenvalue weighted by Crippen LogP contribution is -2.63. The molecule has 1 aliphatic rings. The van der Waals surface area contributed by atoms with E-state index in [-0.39, 0.29) is 41.3 Å². The van der Waals surface area contributed by atoms with Crippen molar-refractivity contribution in [2.24, 2.45) is 0 Å². The fraction of sp³-hybridized carbons (Fsp3) is 0.511. The van der Waals surface area contributed by atoms with E-state index in [1.54, 1.807) is 40.9 Å². The Balaban J connectivity index is 1.62. The molecule has 10 heteroatoms. The van der Waals surface area contributed by atoms with E-state index in [1.165, 1.54) is 15.9 Å². The van der Waals surface area contributed by atoms with Crippen LogP contribution in [0, 0.1) is 0 Å². The third-order valence-corrected chi connectivity index (χ3v) is 10.00. The van der Waals surface area contributed by atoms with Crippen LogP contribution in [0.2, 0.25) is 0 Å². The molecule has 0 saturated carbocycles. The molecule has 10 nitrogen and oxygen atoms in total. The number of fused-ring (bicyclic) bond motifs is 1. The minimum atomic E-state index is -0.918. The molecule has 0 unspecified atom stereocenters. The summed E-state index contributed by atoms with van der Waals surface area (Å²) in [6.07, 6.45) is 4.99. The van der Waals surface area contributed by atoms with Gasteiger partial charge in [-0.25, -0.2) is 4.79 Å². The van der Waals surface area contributed by atoms with Crippen molar-refractivity contribution < 1.29 is 23.9 Å². The van der Waals surface area contributed by atoms with Crippen LogP contribution in [0.1, 0.15) is 92.7 Å². The molecular formula is C45H63N5O5. The van der Waals surface area contributed by atoms with Gasteiger partial charge < -0.3 is 30.5 Å². The lowest BCUT2D eigenvalue weighted by atomic mass is 9.79. The highest BCUT2D eigenvalue weighted by molar-refractivity contribution is 5.95. The summed E-state index contributed by atoms with van der Waals surface area (Å²) in [7, 11) is 3.29. The molecule has 2 atom stereocenters. The number of likely N-dealkylation sites (N-methyl/N-ethyl adjacent to an activating group) is 2. The summed E-state index contributed by atoms with van der Waals surface area (Å²) in [5, 5.41) is 11.9. The maximum absolute atomic E-state index is 14.8. The number of benzene rings is 3. The lowest BCUT2D eigenvalue weighted by Gasteiger charge is -2.47. The largest absolute Gasteiger partial charge is 0.444 e. The summed E-state index contributed by atoms with van der Waals surface area (Å²) in [6.45, 7) is 17.7. The highest BCUT2D eigenvalue weighted by Gasteiger charge is 2.40. The number of piperidine rings is 1. The first kappa shape index (κ1) is 43.0. The van der Waals surface area contributed by atoms with E-state index >= 15 is 0 Å². The first-order chi connectivity index (χ1) is 25.5. The molecule has 1 aliphatic heterocycles. The number of hydrogen-bond acceptors (Lipinski definition) is 6. The second kappa shape index (κ2) is 17.4. The monoisotopic (exact) mass is 753 g/mol. The average Bonchev–Trinajstić information content (AvgIpc) is 3.06. The van der Waals surface area contributed by atoms with Crippen molar-refractivity contribution in [2.45, 2.75) is 135 Å². The van der Waals surface area contributed by atoms with E-state index in [4.69, 9.17) is 4.74 Å². The van der Waals surface area contributed by atoms with E-state index in [0.717, 1.165) is 34.7 Å². The Kier molecular flexibility index (Phi) is 13.6. The summed E-state index contributed by atoms with van der Waals surface area (Å²) in [4.78, 5) is 58.4. The average molecular weight is 754 g/mol. The van der Waals surface area contributed by atoms with Crippen molar-refractivity contribution in [3.8, 4) is 0 Å². The molecule has 0 radical (unpaired) electrons. The SMILES string of the molecule is CN(C(=O)/C=C/CC(C)(C)NC(=O)OC(C)(C)C)[C@H](Cc1ccc2ccccc2c1)C(=O)N(C)[C@H](Cc1ccccc1)C(=O)NC1CC(C)(C)NC(C)(C)C1. The number of alkyl carbamates (subject to hydrolysis) is 1. The molecule has 4 amide bonds. The number of carbonyl (C=O) groups excluding carboxylic acids is 4. The van der Waals surface area contributed by atoms with E-state index in [2.05, 4.69) is 43.6 Å². The predicted molar refractivity (Wildman–Crippen MR) is 221 cm³/mol. The standard InChI is InChI=1S/C45H63N5O5/c1-42(2,3)55-41(54)47-43(4,5)25-17-22-38(51)49(10)37(28-32-23-24-33-20-15-16-21-34(33)26-32)40(53)50(11)36(27-31-18-13-12-14-19-31)39(52)46-35-29-44(6,7)48-45(8,9)30-35/h12-24,26,35-37,48H,25,27-30H2,1-11H3,(H,46,52)(H,47,54)/b22-17+/t36-,37-/m1/s1. The van der Waals surface area contributed by atoms with Crippen LogP contribution >= 0.6 is 0 Å². The van der Waals surface area contributed by atoms with Gasteiger partial charge in [0.2, 0.25) is 17.7 Å². The van der Waals surface area contributed by atoms with Gasteiger partial charge in [0.1, 0.15) is 17.7 Å². The summed E-state index contributed by atoms with van der Waals surface area (Å²) in [5.41, 5.74) is 0.109. The highest BCUT2D eigenvalue weighted by atomic mass is 16.6. The van der Waals surface area contributed by atoms with Gasteiger partial charge in [0.05, 0.1) is 0 Å². The fourth-order valence-electron chi connectivity index (χ4n) is 7.69. The topological polar surface area (TPSA) is 120 Å². The van der Waals surface area contributed by atoms with Crippen LogP contribution in [0.3, 0.4) is 0 Å². The van der Waals surface area contributed by atoms with Crippen molar-refractivity contribution in [1.82, 2.24) is 25.8 Å². The molecule has 0 aromatic heterocycles. The van der Waals surface area contributed by atoms with Gasteiger partial charge >= 0.3 is 6.09 Å². The lowest BCUT2D eigenvalue weighted by molar-refractivity contribution is -0.146. The van der Waals surface area contributed by atoms with Gasteiger partial charge in [-0.2, -0.15) is 0 Å². The van der Waals surface area contributed by atoms with Gasteiger partial charge in [-0.15, -0.1) is 0 Å². The Hall–Kier alpha value is -4.70. The molecule has 1 saturated heterocycles. The van der Waals surface area contributed by atoms with Gasteiger partial charge in [-0.05, 0) is 110 Å². The zero-order chi connectivity index (χ0) is 40.8. The van der Waals surface area contributed by atoms with Crippen molar-refractivity contribution in [3.05, 3.63) is 96.1 Å². The summed E-state index contributed by atoms with van der Waals surface area (Å²) >= 11 is 0. The van der Waals surface area contributed by atoms with Crippen LogP contribution in [0.25, 0.3) is 10.8 Å². The van der Waals surface area contributed by atoms with Crippen LogP contribution in [-0.2, 0) is 32.0 Å². The van der Waals surface area contributed by atoms with E-state index in [1.807, 2.05) is 86.6 Å². The van der Waals surface area contributed by atoms with E-state index < -0.39 is 29.3 Å². The van der Waals surface area contributed by atoms with Crippen LogP contribution in [-0.4, -0.2) is 88.1 Å². The van der Waals surface area contributed by atoms with Gasteiger partial charge in [0.15, 0.2) is 0 Å². The smallest absolute Gasteiger partial charge is 0.408 e. The minimum absolute atomic E-state index is 0.0858. The molecule has 0 bridgehead atoms. The van der Waals surface area contributed by atoms with E-state index in [0.29, 0.717) is 12.8 Å². The molecule has 3 N–H and O–H groups in total. The highest BCUT2D eigenvalue weighted by Crippen LogP contribution is 2.29. The maximum atomic E-state index is 14.8. The molecule has 1 heterocycles. The Bertz CT molecular complexity index is 1830. The van der Waals surface area contributed by atoms with E-state index in [9.17, 15) is 19.2 Å². The number of ether oxygens (including phenoxy) is 1. The minimum Gasteiger partial charge on any atom is -0.444 e. The second-order valence-corrected chi connectivity index (χ2v) is 18.1. The quantitative estimate of drug-likeness (QED) is 0.163. The molecule has 0 spiro atoms. The Morgan fingerprint density at radius 2 is 1.38 bits per heavy atom. The van der Waals surface area contributed by atoms with Crippen molar-refractivity contribution in [2.75, 3.05) is 14.1 Å². The zero-order valence-corrected chi connectivity index (χ0v) is 34.8. The van der Waals surface area contributed by atoms with Gasteiger partial charge in [0.25, 0.3) is 0 Å². The summed E-state index contributed by atoms with van der Waals surface area (Å²) in [6, 6.07) is 21.9. The third kappa shape index (κ3) is 12.9. The first-order valence-electron chi connectivity index (χ1n) is 19.4. The number of amides is 4. The van der Waals surface area contributed by atoms with Gasteiger partial charge in [0, 0.05) is 49.6 Å². The number of hydrogen-bond donors (Lipinski definition) is 3. The predicted octanol–water partition coefficient (Wildman–Crippen LogP) is 6.95. The van der Waals surface area contributed by atoms with Gasteiger partial charge in [-0.3, -0.25) is 14.4 Å². The van der Waals surface area contributed by atoms with Crippen LogP contribution in [0.4, 0.5) is 4.79 Å². The van der Waals surface area contributed by atoms with Crippen molar-refractivity contribution in [3.63, 3.8) is 0 Å². The number of nitrogens with one attached hydrogen (secondary N) is 3. The van der Waals surface area contributed by atoms with Crippen LogP contribution < -0.4 is 16.0 Å². The molecule has 0 aliphatic carbocycles. The molecule has 1 fully saturated rings. The van der Waals surface area contributed by atoms with Crippen LogP contribution in [0.5, 0.6) is 0 Å². The zero-order valence-electron chi connectivity index (χ0n) is 34.8. The third-order valence-electron chi connectivity index (χ3n) is 10.00. The molecule has 55 heavy (non-hydrogen) atoms. The first-order valence-corrected chi connectivity index (χ1v) is 19.4. The Morgan fingerprint density at radius 1 is 0.800 bits per heavy atom. The summed E-state index contributed by atoms with van der Waals surface area (Å²) in [5.74, 6) is -0.938. The summed E-state index contributed by atoms with van der Waals surface area (Å²) < 4.78 is 5.41. The maximum Gasteiger partial charge on any atom is 0.408 e. The van der Waals surface area contributed by atoms with Crippen LogP contribution in [0.15, 0.2) is 84.9 Å². The van der Waals surface area contributed by atoms with Crippen molar-refractivity contribution in [1.29, 1.82) is 0 Å². The normalized spacial score (nSPS) is 16.9. The van der Waals surface area contributed by atoms with Gasteiger partial charge in [-0.1, -0.05) is 78.9 Å². The number of nitrogens with zero attached hydrogens (tertiary/aromatic N) is 2. The fourth-order valence-corrected chi connectivity index (χ4v) is 7.69. The number of carbonyl (C=O) groups is 4. The number of rotatable bonds is 13. The molecular weight excluding hydrogens is 691 g/mol. The second-order valence-electron chi connectivity index (χ2n) is 18.1. The Morgan fingerprint density at radius 3 is 2.00 bits per heavy atom. The molecule has 3 aromatic rings. The molecule has 3 aromatic carbocycles. The molecule has 298 valence electrons. The Labute approximate surface area is 328 Å². The molecule has 4 rings (SSSR count).